The number of piperidine rings is 1. The summed E-state index contributed by atoms with van der Waals surface area (Å²) in [6, 6.07) is 11.0. The summed E-state index contributed by atoms with van der Waals surface area (Å²) in [4.78, 5) is 19.0. The molecule has 0 aromatic heterocycles. The Morgan fingerprint density at radius 1 is 1.14 bits per heavy atom. The third-order valence-electron chi connectivity index (χ3n) is 5.71. The van der Waals surface area contributed by atoms with Gasteiger partial charge in [0.2, 0.25) is 0 Å². The quantitative estimate of drug-likeness (QED) is 0.303. The number of carbonyl (C=O) groups is 1. The van der Waals surface area contributed by atoms with Crippen molar-refractivity contribution in [1.29, 1.82) is 0 Å². The number of anilines is 1. The SMILES string of the molecule is CCNC(=NCCCC(=O)OC1CCCC1)NC1CCN(c2ccccc2)CC1. The Bertz CT molecular complexity index is 636. The van der Waals surface area contributed by atoms with Crippen molar-refractivity contribution in [2.45, 2.75) is 70.4 Å². The molecule has 1 aromatic rings. The number of para-hydroxylation sites is 1. The van der Waals surface area contributed by atoms with Crippen LogP contribution in [0.4, 0.5) is 5.69 Å². The van der Waals surface area contributed by atoms with Gasteiger partial charge >= 0.3 is 5.97 Å². The molecule has 0 spiro atoms. The zero-order valence-corrected chi connectivity index (χ0v) is 17.7. The lowest BCUT2D eigenvalue weighted by molar-refractivity contribution is -0.148. The molecule has 6 heteroatoms. The Labute approximate surface area is 175 Å². The van der Waals surface area contributed by atoms with E-state index >= 15 is 0 Å². The van der Waals surface area contributed by atoms with Crippen LogP contribution in [0.3, 0.4) is 0 Å². The van der Waals surface area contributed by atoms with Crippen molar-refractivity contribution in [1.82, 2.24) is 10.6 Å². The summed E-state index contributed by atoms with van der Waals surface area (Å²) in [6.07, 6.45) is 7.95. The highest BCUT2D eigenvalue weighted by Crippen LogP contribution is 2.21. The minimum absolute atomic E-state index is 0.0710. The molecule has 0 amide bonds. The fourth-order valence-corrected chi connectivity index (χ4v) is 4.10. The zero-order valence-electron chi connectivity index (χ0n) is 17.7. The van der Waals surface area contributed by atoms with Gasteiger partial charge in [-0.15, -0.1) is 0 Å². The van der Waals surface area contributed by atoms with Crippen LogP contribution in [0.1, 0.15) is 58.3 Å². The van der Waals surface area contributed by atoms with E-state index in [0.717, 1.165) is 57.7 Å². The second-order valence-corrected chi connectivity index (χ2v) is 8.00. The molecule has 0 radical (unpaired) electrons. The molecule has 1 saturated carbocycles. The lowest BCUT2D eigenvalue weighted by Crippen LogP contribution is -2.48. The summed E-state index contributed by atoms with van der Waals surface area (Å²) in [5.74, 6) is 0.785. The zero-order chi connectivity index (χ0) is 20.3. The van der Waals surface area contributed by atoms with E-state index in [-0.39, 0.29) is 12.1 Å². The third kappa shape index (κ3) is 7.26. The van der Waals surface area contributed by atoms with Gasteiger partial charge in [-0.3, -0.25) is 9.79 Å². The summed E-state index contributed by atoms with van der Waals surface area (Å²) < 4.78 is 5.51. The van der Waals surface area contributed by atoms with Gasteiger partial charge in [0.25, 0.3) is 0 Å². The molecule has 1 aliphatic carbocycles. The molecule has 1 aromatic carbocycles. The van der Waals surface area contributed by atoms with Crippen molar-refractivity contribution in [3.05, 3.63) is 30.3 Å². The Hall–Kier alpha value is -2.24. The monoisotopic (exact) mass is 400 g/mol. The van der Waals surface area contributed by atoms with Crippen LogP contribution in [0, 0.1) is 0 Å². The van der Waals surface area contributed by atoms with Gasteiger partial charge in [-0.1, -0.05) is 18.2 Å². The summed E-state index contributed by atoms with van der Waals surface area (Å²) in [5, 5.41) is 6.90. The average Bonchev–Trinajstić information content (AvgIpc) is 3.25. The molecule has 0 unspecified atom stereocenters. The fourth-order valence-electron chi connectivity index (χ4n) is 4.10. The number of aliphatic imine (C=N–C) groups is 1. The molecule has 2 aliphatic rings. The van der Waals surface area contributed by atoms with Crippen molar-refractivity contribution in [3.63, 3.8) is 0 Å². The normalized spacial score (nSPS) is 18.7. The summed E-state index contributed by atoms with van der Waals surface area (Å²) in [6.45, 7) is 5.65. The fraction of sp³-hybridized carbons (Fsp3) is 0.652. The number of carbonyl (C=O) groups excluding carboxylic acids is 1. The highest BCUT2D eigenvalue weighted by atomic mass is 16.5. The number of guanidine groups is 1. The van der Waals surface area contributed by atoms with E-state index in [1.165, 1.54) is 18.5 Å². The maximum absolute atomic E-state index is 11.9. The highest BCUT2D eigenvalue weighted by Gasteiger charge is 2.20. The number of ether oxygens (including phenoxy) is 1. The van der Waals surface area contributed by atoms with E-state index in [0.29, 0.717) is 19.0 Å². The molecule has 0 bridgehead atoms. The predicted octanol–water partition coefficient (Wildman–Crippen LogP) is 3.48. The van der Waals surface area contributed by atoms with Crippen LogP contribution in [0.25, 0.3) is 0 Å². The summed E-state index contributed by atoms with van der Waals surface area (Å²) in [7, 11) is 0. The van der Waals surface area contributed by atoms with Crippen molar-refractivity contribution >= 4 is 17.6 Å². The number of rotatable bonds is 8. The van der Waals surface area contributed by atoms with Crippen molar-refractivity contribution in [3.8, 4) is 0 Å². The first kappa shape index (κ1) is 21.5. The van der Waals surface area contributed by atoms with E-state index in [4.69, 9.17) is 4.74 Å². The molecular formula is C23H36N4O2. The predicted molar refractivity (Wildman–Crippen MR) is 118 cm³/mol. The summed E-state index contributed by atoms with van der Waals surface area (Å²) >= 11 is 0. The molecule has 6 nitrogen and oxygen atoms in total. The standard InChI is InChI=1S/C23H36N4O2/c1-2-24-23(25-16-8-13-22(28)29-21-11-6-7-12-21)26-19-14-17-27(18-15-19)20-9-4-3-5-10-20/h3-5,9-10,19,21H,2,6-8,11-18H2,1H3,(H2,24,25,26). The minimum atomic E-state index is -0.0710. The van der Waals surface area contributed by atoms with Crippen LogP contribution in [-0.4, -0.2) is 50.3 Å². The molecule has 1 saturated heterocycles. The van der Waals surface area contributed by atoms with Crippen LogP contribution in [0.5, 0.6) is 0 Å². The highest BCUT2D eigenvalue weighted by molar-refractivity contribution is 5.80. The lowest BCUT2D eigenvalue weighted by atomic mass is 10.0. The van der Waals surface area contributed by atoms with Crippen LogP contribution in [-0.2, 0) is 9.53 Å². The first-order chi connectivity index (χ1) is 14.2. The van der Waals surface area contributed by atoms with Crippen LogP contribution >= 0.6 is 0 Å². The average molecular weight is 401 g/mol. The molecule has 2 fully saturated rings. The number of hydrogen-bond acceptors (Lipinski definition) is 4. The van der Waals surface area contributed by atoms with Crippen LogP contribution in [0.15, 0.2) is 35.3 Å². The minimum Gasteiger partial charge on any atom is -0.462 e. The maximum Gasteiger partial charge on any atom is 0.306 e. The van der Waals surface area contributed by atoms with E-state index in [1.54, 1.807) is 0 Å². The van der Waals surface area contributed by atoms with Crippen LogP contribution < -0.4 is 15.5 Å². The van der Waals surface area contributed by atoms with Gasteiger partial charge in [0.15, 0.2) is 5.96 Å². The first-order valence-corrected chi connectivity index (χ1v) is 11.3. The largest absolute Gasteiger partial charge is 0.462 e. The third-order valence-corrected chi connectivity index (χ3v) is 5.71. The van der Waals surface area contributed by atoms with Crippen molar-refractivity contribution in [2.24, 2.45) is 4.99 Å². The molecular weight excluding hydrogens is 364 g/mol. The van der Waals surface area contributed by atoms with E-state index in [9.17, 15) is 4.79 Å². The van der Waals surface area contributed by atoms with Gasteiger partial charge in [-0.2, -0.15) is 0 Å². The first-order valence-electron chi connectivity index (χ1n) is 11.3. The second-order valence-electron chi connectivity index (χ2n) is 8.00. The van der Waals surface area contributed by atoms with Gasteiger partial charge in [-0.05, 0) is 64.0 Å². The number of esters is 1. The van der Waals surface area contributed by atoms with Crippen molar-refractivity contribution in [2.75, 3.05) is 31.1 Å². The molecule has 29 heavy (non-hydrogen) atoms. The number of nitrogens with one attached hydrogen (secondary N) is 2. The Kier molecular flexibility index (Phi) is 8.65. The molecule has 2 N–H and O–H groups in total. The maximum atomic E-state index is 11.9. The summed E-state index contributed by atoms with van der Waals surface area (Å²) in [5.41, 5.74) is 1.30. The van der Waals surface area contributed by atoms with Gasteiger partial charge in [0, 0.05) is 44.3 Å². The smallest absolute Gasteiger partial charge is 0.306 e. The Morgan fingerprint density at radius 2 is 1.86 bits per heavy atom. The van der Waals surface area contributed by atoms with Gasteiger partial charge in [0.1, 0.15) is 6.10 Å². The number of nitrogens with zero attached hydrogens (tertiary/aromatic N) is 2. The molecule has 1 aliphatic heterocycles. The van der Waals surface area contributed by atoms with E-state index < -0.39 is 0 Å². The topological polar surface area (TPSA) is 66.0 Å². The van der Waals surface area contributed by atoms with Gasteiger partial charge in [-0.25, -0.2) is 0 Å². The Morgan fingerprint density at radius 3 is 2.55 bits per heavy atom. The molecule has 160 valence electrons. The van der Waals surface area contributed by atoms with E-state index in [1.807, 2.05) is 0 Å². The van der Waals surface area contributed by atoms with Crippen molar-refractivity contribution < 1.29 is 9.53 Å². The lowest BCUT2D eigenvalue weighted by Gasteiger charge is -2.34. The number of hydrogen-bond donors (Lipinski definition) is 2. The molecule has 0 atom stereocenters. The second kappa shape index (κ2) is 11.7. The number of benzene rings is 1. The van der Waals surface area contributed by atoms with Crippen LogP contribution in [0.2, 0.25) is 0 Å². The van der Waals surface area contributed by atoms with Gasteiger partial charge < -0.3 is 20.3 Å². The van der Waals surface area contributed by atoms with E-state index in [2.05, 4.69) is 57.8 Å². The Balaban J connectivity index is 1.37. The molecule has 3 rings (SSSR count). The molecule has 1 heterocycles. The van der Waals surface area contributed by atoms with Gasteiger partial charge in [0.05, 0.1) is 0 Å².